The molecule has 0 aromatic carbocycles. The summed E-state index contributed by atoms with van der Waals surface area (Å²) < 4.78 is 6.83. The first-order valence-corrected chi connectivity index (χ1v) is 6.60. The molecule has 1 aromatic rings. The summed E-state index contributed by atoms with van der Waals surface area (Å²) in [5.41, 5.74) is 1.09. The Kier molecular flexibility index (Phi) is 2.96. The number of halogens is 1. The van der Waals surface area contributed by atoms with Gasteiger partial charge in [0.25, 0.3) is 0 Å². The molecule has 2 bridgehead atoms. The highest BCUT2D eigenvalue weighted by Crippen LogP contribution is 2.34. The summed E-state index contributed by atoms with van der Waals surface area (Å²) in [6.07, 6.45) is 6.44. The van der Waals surface area contributed by atoms with Crippen LogP contribution in [0.15, 0.2) is 22.8 Å². The molecule has 2 fully saturated rings. The fraction of sp³-hybridized carbons (Fsp3) is 0.583. The van der Waals surface area contributed by atoms with Crippen LogP contribution in [0, 0.1) is 0 Å². The van der Waals surface area contributed by atoms with Crippen LogP contribution in [0.25, 0.3) is 0 Å². The van der Waals surface area contributed by atoms with Crippen molar-refractivity contribution in [3.8, 4) is 0 Å². The maximum Gasteiger partial charge on any atom is 0.0733 e. The Morgan fingerprint density at radius 3 is 3.00 bits per heavy atom. The van der Waals surface area contributed by atoms with Crippen LogP contribution in [0.5, 0.6) is 0 Å². The normalized spacial score (nSPS) is 32.2. The topological polar surface area (TPSA) is 34.1 Å². The quantitative estimate of drug-likeness (QED) is 0.924. The van der Waals surface area contributed by atoms with Crippen molar-refractivity contribution < 1.29 is 4.74 Å². The molecular weight excluding hydrogens is 268 g/mol. The average Bonchev–Trinajstić information content (AvgIpc) is 2.90. The minimum Gasteiger partial charge on any atom is -0.373 e. The lowest BCUT2D eigenvalue weighted by atomic mass is 9.95. The Morgan fingerprint density at radius 2 is 2.38 bits per heavy atom. The van der Waals surface area contributed by atoms with Gasteiger partial charge in [-0.05, 0) is 47.3 Å². The van der Waals surface area contributed by atoms with Crippen LogP contribution in [0.3, 0.4) is 0 Å². The van der Waals surface area contributed by atoms with E-state index in [1.54, 1.807) is 0 Å². The summed E-state index contributed by atoms with van der Waals surface area (Å²) in [6.45, 7) is 0.838. The molecule has 3 heterocycles. The number of aromatic nitrogens is 1. The van der Waals surface area contributed by atoms with E-state index < -0.39 is 0 Å². The van der Waals surface area contributed by atoms with E-state index in [9.17, 15) is 0 Å². The first-order chi connectivity index (χ1) is 7.81. The Morgan fingerprint density at radius 1 is 1.44 bits per heavy atom. The molecule has 0 radical (unpaired) electrons. The van der Waals surface area contributed by atoms with E-state index >= 15 is 0 Å². The summed E-state index contributed by atoms with van der Waals surface area (Å²) in [6, 6.07) is 4.61. The van der Waals surface area contributed by atoms with Gasteiger partial charge in [-0.1, -0.05) is 0 Å². The third-order valence-corrected chi connectivity index (χ3v) is 3.91. The number of rotatable bonds is 3. The Balaban J connectivity index is 1.55. The van der Waals surface area contributed by atoms with Crippen molar-refractivity contribution in [3.05, 3.63) is 28.5 Å². The summed E-state index contributed by atoms with van der Waals surface area (Å²) in [5.74, 6) is 0. The second-order valence-electron chi connectivity index (χ2n) is 4.56. The van der Waals surface area contributed by atoms with Gasteiger partial charge in [0.2, 0.25) is 0 Å². The molecule has 4 heteroatoms. The van der Waals surface area contributed by atoms with Crippen LogP contribution in [0.1, 0.15) is 25.0 Å². The first kappa shape index (κ1) is 10.7. The number of nitrogens with zero attached hydrogens (tertiary/aromatic N) is 1. The van der Waals surface area contributed by atoms with Gasteiger partial charge in [-0.25, -0.2) is 0 Å². The Bertz CT molecular complexity index is 368. The van der Waals surface area contributed by atoms with E-state index in [1.807, 2.05) is 18.3 Å². The fourth-order valence-corrected chi connectivity index (χ4v) is 2.83. The zero-order valence-electron chi connectivity index (χ0n) is 9.03. The molecule has 0 saturated carbocycles. The van der Waals surface area contributed by atoms with Crippen molar-refractivity contribution in [2.45, 2.75) is 44.1 Å². The van der Waals surface area contributed by atoms with Crippen LogP contribution in [-0.4, -0.2) is 23.2 Å². The number of hydrogen-bond acceptors (Lipinski definition) is 3. The molecule has 2 aliphatic heterocycles. The highest BCUT2D eigenvalue weighted by atomic mass is 79.9. The van der Waals surface area contributed by atoms with Crippen molar-refractivity contribution in [2.75, 3.05) is 0 Å². The maximum absolute atomic E-state index is 5.80. The minimum atomic E-state index is 0.445. The van der Waals surface area contributed by atoms with E-state index in [0.29, 0.717) is 18.2 Å². The van der Waals surface area contributed by atoms with Gasteiger partial charge in [0.1, 0.15) is 0 Å². The number of hydrogen-bond donors (Lipinski definition) is 1. The van der Waals surface area contributed by atoms with Gasteiger partial charge >= 0.3 is 0 Å². The van der Waals surface area contributed by atoms with Crippen molar-refractivity contribution in [1.29, 1.82) is 0 Å². The molecule has 1 N–H and O–H groups in total. The predicted molar refractivity (Wildman–Crippen MR) is 65.1 cm³/mol. The lowest BCUT2D eigenvalue weighted by Gasteiger charge is -2.19. The molecular formula is C12H15BrN2O. The lowest BCUT2D eigenvalue weighted by molar-refractivity contribution is 0.0972. The van der Waals surface area contributed by atoms with E-state index in [-0.39, 0.29) is 0 Å². The number of fused-ring (bicyclic) bond motifs is 2. The fourth-order valence-electron chi connectivity index (χ4n) is 2.60. The standard InChI is InChI=1S/C12H15BrN2O/c13-8-1-2-9(14-6-8)7-15-11-5-10-3-4-12(11)16-10/h1-2,6,10-12,15H,3-5,7H2. The third kappa shape index (κ3) is 2.14. The molecule has 0 spiro atoms. The zero-order chi connectivity index (χ0) is 11.0. The molecule has 86 valence electrons. The molecule has 0 amide bonds. The maximum atomic E-state index is 5.80. The molecule has 3 atom stereocenters. The largest absolute Gasteiger partial charge is 0.373 e. The van der Waals surface area contributed by atoms with E-state index in [1.165, 1.54) is 19.3 Å². The Labute approximate surface area is 104 Å². The van der Waals surface area contributed by atoms with E-state index in [4.69, 9.17) is 4.74 Å². The molecule has 2 saturated heterocycles. The summed E-state index contributed by atoms with van der Waals surface area (Å²) in [7, 11) is 0. The second-order valence-corrected chi connectivity index (χ2v) is 5.48. The van der Waals surface area contributed by atoms with Gasteiger partial charge in [-0.2, -0.15) is 0 Å². The van der Waals surface area contributed by atoms with Gasteiger partial charge in [0, 0.05) is 23.3 Å². The minimum absolute atomic E-state index is 0.445. The molecule has 0 aliphatic carbocycles. The van der Waals surface area contributed by atoms with Gasteiger partial charge in [-0.3, -0.25) is 4.98 Å². The smallest absolute Gasteiger partial charge is 0.0733 e. The SMILES string of the molecule is Brc1ccc(CNC2CC3CCC2O3)nc1. The van der Waals surface area contributed by atoms with Crippen molar-refractivity contribution in [3.63, 3.8) is 0 Å². The van der Waals surface area contributed by atoms with Gasteiger partial charge in [0.05, 0.1) is 17.9 Å². The van der Waals surface area contributed by atoms with E-state index in [0.717, 1.165) is 16.7 Å². The van der Waals surface area contributed by atoms with Gasteiger partial charge in [-0.15, -0.1) is 0 Å². The zero-order valence-corrected chi connectivity index (χ0v) is 10.6. The number of nitrogens with one attached hydrogen (secondary N) is 1. The average molecular weight is 283 g/mol. The predicted octanol–water partition coefficient (Wildman–Crippen LogP) is 2.25. The van der Waals surface area contributed by atoms with Crippen molar-refractivity contribution >= 4 is 15.9 Å². The lowest BCUT2D eigenvalue weighted by Crippen LogP contribution is -2.37. The van der Waals surface area contributed by atoms with E-state index in [2.05, 4.69) is 26.2 Å². The van der Waals surface area contributed by atoms with Crippen LogP contribution >= 0.6 is 15.9 Å². The molecule has 1 aromatic heterocycles. The van der Waals surface area contributed by atoms with Crippen LogP contribution in [0.2, 0.25) is 0 Å². The summed E-state index contributed by atoms with van der Waals surface area (Å²) >= 11 is 3.39. The second kappa shape index (κ2) is 4.43. The molecule has 3 unspecified atom stereocenters. The van der Waals surface area contributed by atoms with Crippen LogP contribution in [0.4, 0.5) is 0 Å². The molecule has 16 heavy (non-hydrogen) atoms. The summed E-state index contributed by atoms with van der Waals surface area (Å²) in [5, 5.41) is 3.55. The highest BCUT2D eigenvalue weighted by molar-refractivity contribution is 9.10. The Hall–Kier alpha value is -0.450. The molecule has 2 aliphatic rings. The summed E-state index contributed by atoms with van der Waals surface area (Å²) in [4.78, 5) is 4.35. The third-order valence-electron chi connectivity index (χ3n) is 3.44. The van der Waals surface area contributed by atoms with Crippen LogP contribution < -0.4 is 5.32 Å². The van der Waals surface area contributed by atoms with Crippen LogP contribution in [-0.2, 0) is 11.3 Å². The number of pyridine rings is 1. The van der Waals surface area contributed by atoms with Crippen molar-refractivity contribution in [1.82, 2.24) is 10.3 Å². The monoisotopic (exact) mass is 282 g/mol. The van der Waals surface area contributed by atoms with Crippen molar-refractivity contribution in [2.24, 2.45) is 0 Å². The highest BCUT2D eigenvalue weighted by Gasteiger charge is 2.40. The van der Waals surface area contributed by atoms with Gasteiger partial charge < -0.3 is 10.1 Å². The first-order valence-electron chi connectivity index (χ1n) is 5.80. The number of ether oxygens (including phenoxy) is 1. The van der Waals surface area contributed by atoms with Gasteiger partial charge in [0.15, 0.2) is 0 Å². The molecule has 3 rings (SSSR count). The molecule has 3 nitrogen and oxygen atoms in total.